The Morgan fingerprint density at radius 3 is 2.50 bits per heavy atom. The van der Waals surface area contributed by atoms with Crippen molar-refractivity contribution < 1.29 is 9.53 Å². The lowest BCUT2D eigenvalue weighted by atomic mass is 10.1. The van der Waals surface area contributed by atoms with Crippen LogP contribution < -0.4 is 9.64 Å². The van der Waals surface area contributed by atoms with Crippen LogP contribution >= 0.6 is 11.8 Å². The van der Waals surface area contributed by atoms with Crippen LogP contribution in [0.3, 0.4) is 0 Å². The van der Waals surface area contributed by atoms with Crippen molar-refractivity contribution in [2.45, 2.75) is 10.1 Å². The SMILES string of the molecule is COc1ccc(C2Sc3ccccc3N(C)C2=O)cc1. The molecular formula is C16H15NO2S. The lowest BCUT2D eigenvalue weighted by molar-refractivity contribution is -0.118. The van der Waals surface area contributed by atoms with E-state index in [0.717, 1.165) is 21.9 Å². The predicted molar refractivity (Wildman–Crippen MR) is 81.4 cm³/mol. The molecule has 1 heterocycles. The summed E-state index contributed by atoms with van der Waals surface area (Å²) in [5.74, 6) is 0.912. The molecule has 0 saturated carbocycles. The van der Waals surface area contributed by atoms with Gasteiger partial charge in [0.05, 0.1) is 12.8 Å². The molecular weight excluding hydrogens is 270 g/mol. The number of hydrogen-bond acceptors (Lipinski definition) is 3. The summed E-state index contributed by atoms with van der Waals surface area (Å²) in [6.07, 6.45) is 0. The molecule has 1 atom stereocenters. The Morgan fingerprint density at radius 2 is 1.80 bits per heavy atom. The number of amides is 1. The molecule has 1 amide bonds. The highest BCUT2D eigenvalue weighted by molar-refractivity contribution is 8.00. The second kappa shape index (κ2) is 5.21. The Morgan fingerprint density at radius 1 is 1.10 bits per heavy atom. The highest BCUT2D eigenvalue weighted by Gasteiger charge is 2.32. The van der Waals surface area contributed by atoms with Crippen molar-refractivity contribution in [1.82, 2.24) is 0 Å². The molecule has 1 unspecified atom stereocenters. The largest absolute Gasteiger partial charge is 0.497 e. The summed E-state index contributed by atoms with van der Waals surface area (Å²) >= 11 is 1.60. The van der Waals surface area contributed by atoms with Gasteiger partial charge in [-0.1, -0.05) is 24.3 Å². The van der Waals surface area contributed by atoms with Gasteiger partial charge in [0.2, 0.25) is 5.91 Å². The first kappa shape index (κ1) is 13.1. The van der Waals surface area contributed by atoms with Crippen molar-refractivity contribution in [1.29, 1.82) is 0 Å². The molecule has 0 spiro atoms. The number of thioether (sulfide) groups is 1. The van der Waals surface area contributed by atoms with Crippen molar-refractivity contribution in [3.8, 4) is 5.75 Å². The van der Waals surface area contributed by atoms with Crippen molar-refractivity contribution in [2.24, 2.45) is 0 Å². The Hall–Kier alpha value is -1.94. The zero-order valence-electron chi connectivity index (χ0n) is 11.4. The number of ether oxygens (including phenoxy) is 1. The molecule has 0 aromatic heterocycles. The van der Waals surface area contributed by atoms with E-state index in [9.17, 15) is 4.79 Å². The molecule has 3 nitrogen and oxygen atoms in total. The number of nitrogens with zero attached hydrogens (tertiary/aromatic N) is 1. The van der Waals surface area contributed by atoms with E-state index in [1.54, 1.807) is 23.8 Å². The zero-order chi connectivity index (χ0) is 14.1. The average molecular weight is 285 g/mol. The second-order valence-corrected chi connectivity index (χ2v) is 5.78. The van der Waals surface area contributed by atoms with E-state index in [1.807, 2.05) is 49.5 Å². The standard InChI is InChI=1S/C16H15NO2S/c1-17-13-5-3-4-6-14(13)20-15(16(17)18)11-7-9-12(19-2)10-8-11/h3-10,15H,1-2H3. The number of fused-ring (bicyclic) bond motifs is 1. The lowest BCUT2D eigenvalue weighted by Crippen LogP contribution is -2.33. The molecule has 20 heavy (non-hydrogen) atoms. The topological polar surface area (TPSA) is 29.5 Å². The minimum Gasteiger partial charge on any atom is -0.497 e. The normalized spacial score (nSPS) is 17.8. The third-order valence-corrected chi connectivity index (χ3v) is 4.75. The van der Waals surface area contributed by atoms with Crippen LogP contribution in [0.2, 0.25) is 0 Å². The number of methoxy groups -OCH3 is 1. The van der Waals surface area contributed by atoms with Gasteiger partial charge < -0.3 is 9.64 Å². The number of anilines is 1. The van der Waals surface area contributed by atoms with Crippen molar-refractivity contribution in [2.75, 3.05) is 19.1 Å². The van der Waals surface area contributed by atoms with Gasteiger partial charge in [-0.15, -0.1) is 11.8 Å². The van der Waals surface area contributed by atoms with Crippen LogP contribution in [-0.4, -0.2) is 20.1 Å². The quantitative estimate of drug-likeness (QED) is 0.845. The minimum atomic E-state index is -0.194. The lowest BCUT2D eigenvalue weighted by Gasteiger charge is -2.31. The van der Waals surface area contributed by atoms with E-state index in [-0.39, 0.29) is 11.2 Å². The number of hydrogen-bond donors (Lipinski definition) is 0. The molecule has 0 bridgehead atoms. The van der Waals surface area contributed by atoms with Gasteiger partial charge in [0, 0.05) is 11.9 Å². The maximum atomic E-state index is 12.5. The smallest absolute Gasteiger partial charge is 0.244 e. The highest BCUT2D eigenvalue weighted by atomic mass is 32.2. The van der Waals surface area contributed by atoms with E-state index in [4.69, 9.17) is 4.74 Å². The number of para-hydroxylation sites is 1. The summed E-state index contributed by atoms with van der Waals surface area (Å²) in [4.78, 5) is 15.4. The highest BCUT2D eigenvalue weighted by Crippen LogP contribution is 2.45. The maximum Gasteiger partial charge on any atom is 0.244 e. The number of carbonyl (C=O) groups is 1. The molecule has 1 aliphatic rings. The molecule has 0 N–H and O–H groups in total. The van der Waals surface area contributed by atoms with E-state index in [0.29, 0.717) is 0 Å². The molecule has 4 heteroatoms. The van der Waals surface area contributed by atoms with Gasteiger partial charge in [-0.25, -0.2) is 0 Å². The first-order valence-electron chi connectivity index (χ1n) is 6.38. The maximum absolute atomic E-state index is 12.5. The molecule has 0 saturated heterocycles. The molecule has 3 rings (SSSR count). The van der Waals surface area contributed by atoms with Crippen molar-refractivity contribution >= 4 is 23.4 Å². The number of carbonyl (C=O) groups excluding carboxylic acids is 1. The van der Waals surface area contributed by atoms with Gasteiger partial charge in [-0.3, -0.25) is 4.79 Å². The number of rotatable bonds is 2. The summed E-state index contributed by atoms with van der Waals surface area (Å²) in [5, 5.41) is -0.194. The van der Waals surface area contributed by atoms with Gasteiger partial charge in [-0.05, 0) is 29.8 Å². The molecule has 1 aliphatic heterocycles. The monoisotopic (exact) mass is 285 g/mol. The fraction of sp³-hybridized carbons (Fsp3) is 0.188. The Kier molecular flexibility index (Phi) is 3.40. The van der Waals surface area contributed by atoms with Crippen LogP contribution in [-0.2, 0) is 4.79 Å². The first-order valence-corrected chi connectivity index (χ1v) is 7.26. The molecule has 0 fully saturated rings. The van der Waals surface area contributed by atoms with Gasteiger partial charge >= 0.3 is 0 Å². The van der Waals surface area contributed by atoms with E-state index in [2.05, 4.69) is 6.07 Å². The Labute approximate surface area is 122 Å². The van der Waals surface area contributed by atoms with Crippen LogP contribution in [0.5, 0.6) is 5.75 Å². The molecule has 0 aliphatic carbocycles. The minimum absolute atomic E-state index is 0.110. The number of benzene rings is 2. The van der Waals surface area contributed by atoms with Gasteiger partial charge in [-0.2, -0.15) is 0 Å². The third-order valence-electron chi connectivity index (χ3n) is 3.44. The van der Waals surface area contributed by atoms with Crippen molar-refractivity contribution in [3.63, 3.8) is 0 Å². The van der Waals surface area contributed by atoms with Gasteiger partial charge in [0.25, 0.3) is 0 Å². The third kappa shape index (κ3) is 2.16. The van der Waals surface area contributed by atoms with E-state index in [1.165, 1.54) is 0 Å². The second-order valence-electron chi connectivity index (χ2n) is 4.64. The molecule has 2 aromatic rings. The van der Waals surface area contributed by atoms with Crippen LogP contribution in [0.25, 0.3) is 0 Å². The van der Waals surface area contributed by atoms with Crippen LogP contribution in [0.4, 0.5) is 5.69 Å². The van der Waals surface area contributed by atoms with E-state index < -0.39 is 0 Å². The molecule has 0 radical (unpaired) electrons. The van der Waals surface area contributed by atoms with Crippen LogP contribution in [0.15, 0.2) is 53.4 Å². The Balaban J connectivity index is 1.97. The summed E-state index contributed by atoms with van der Waals surface area (Å²) in [7, 11) is 3.47. The summed E-state index contributed by atoms with van der Waals surface area (Å²) < 4.78 is 5.16. The summed E-state index contributed by atoms with van der Waals surface area (Å²) in [6.45, 7) is 0. The van der Waals surface area contributed by atoms with Crippen LogP contribution in [0, 0.1) is 0 Å². The Bertz CT molecular complexity index is 639. The van der Waals surface area contributed by atoms with E-state index >= 15 is 0 Å². The van der Waals surface area contributed by atoms with Crippen molar-refractivity contribution in [3.05, 3.63) is 54.1 Å². The summed E-state index contributed by atoms with van der Waals surface area (Å²) in [6, 6.07) is 15.7. The fourth-order valence-corrected chi connectivity index (χ4v) is 3.58. The zero-order valence-corrected chi connectivity index (χ0v) is 12.2. The molecule has 2 aromatic carbocycles. The molecule has 102 valence electrons. The predicted octanol–water partition coefficient (Wildman–Crippen LogP) is 3.51. The fourth-order valence-electron chi connectivity index (χ4n) is 2.30. The average Bonchev–Trinajstić information content (AvgIpc) is 2.51. The first-order chi connectivity index (χ1) is 9.70. The van der Waals surface area contributed by atoms with Crippen LogP contribution in [0.1, 0.15) is 10.8 Å². The van der Waals surface area contributed by atoms with Gasteiger partial charge in [0.15, 0.2) is 0 Å². The van der Waals surface area contributed by atoms with Gasteiger partial charge in [0.1, 0.15) is 11.0 Å². The summed E-state index contributed by atoms with van der Waals surface area (Å²) in [5.41, 5.74) is 1.98. The number of likely N-dealkylation sites (N-methyl/N-ethyl adjacent to an activating group) is 1.